The van der Waals surface area contributed by atoms with Crippen molar-refractivity contribution in [2.24, 2.45) is 0 Å². The second-order valence-electron chi connectivity index (χ2n) is 15.1. The van der Waals surface area contributed by atoms with Crippen LogP contribution in [0.1, 0.15) is 88.5 Å². The van der Waals surface area contributed by atoms with Crippen LogP contribution in [-0.4, -0.2) is 79.6 Å². The van der Waals surface area contributed by atoms with Gasteiger partial charge in [-0.15, -0.1) is 0 Å². The van der Waals surface area contributed by atoms with Crippen molar-refractivity contribution in [1.82, 2.24) is 9.97 Å². The zero-order valence-electron chi connectivity index (χ0n) is 36.5. The summed E-state index contributed by atoms with van der Waals surface area (Å²) in [7, 11) is 0. The molecular formula is C53H72N4O5. The highest BCUT2D eigenvalue weighted by molar-refractivity contribution is 5.88. The molecule has 3 atom stereocenters. The van der Waals surface area contributed by atoms with E-state index in [1.54, 1.807) is 0 Å². The number of fused-ring (bicyclic) bond motifs is 2. The molecule has 4 aromatic carbocycles. The predicted octanol–water partition coefficient (Wildman–Crippen LogP) is 12.6. The maximum Gasteiger partial charge on any atom is 0.158 e. The van der Waals surface area contributed by atoms with E-state index in [9.17, 15) is 5.11 Å². The number of aliphatic hydroxyl groups excluding tert-OH is 1. The van der Waals surface area contributed by atoms with E-state index in [0.29, 0.717) is 18.8 Å². The maximum atomic E-state index is 9.79. The fourth-order valence-electron chi connectivity index (χ4n) is 7.43. The van der Waals surface area contributed by atoms with Gasteiger partial charge in [0.25, 0.3) is 0 Å². The second kappa shape index (κ2) is 25.0. The monoisotopic (exact) mass is 845 g/mol. The molecule has 0 saturated carbocycles. The van der Waals surface area contributed by atoms with Crippen molar-refractivity contribution >= 4 is 33.2 Å². The first kappa shape index (κ1) is 49.4. The molecule has 7 rings (SSSR count). The minimum absolute atomic E-state index is 0. The zero-order valence-corrected chi connectivity index (χ0v) is 36.5. The van der Waals surface area contributed by atoms with Crippen LogP contribution in [0.25, 0.3) is 44.3 Å². The van der Waals surface area contributed by atoms with E-state index in [4.69, 9.17) is 28.9 Å². The number of anilines is 2. The maximum absolute atomic E-state index is 9.79. The molecule has 0 amide bonds. The molecule has 0 bridgehead atoms. The number of pyridine rings is 2. The topological polar surface area (TPSA) is 89.4 Å². The largest absolute Gasteiger partial charge is 0.489 e. The molecule has 1 aliphatic rings. The molecule has 0 radical (unpaired) electrons. The van der Waals surface area contributed by atoms with E-state index >= 15 is 0 Å². The quantitative estimate of drug-likeness (QED) is 0.0908. The Morgan fingerprint density at radius 1 is 0.597 bits per heavy atom. The van der Waals surface area contributed by atoms with Gasteiger partial charge in [0.05, 0.1) is 23.6 Å². The number of aromatic nitrogens is 2. The van der Waals surface area contributed by atoms with Gasteiger partial charge in [-0.05, 0) is 108 Å². The average Bonchev–Trinajstić information content (AvgIpc) is 3.31. The number of ether oxygens (including phenoxy) is 4. The van der Waals surface area contributed by atoms with Crippen LogP contribution in [0, 0.1) is 0 Å². The van der Waals surface area contributed by atoms with Crippen LogP contribution in [0.3, 0.4) is 0 Å². The van der Waals surface area contributed by atoms with Crippen molar-refractivity contribution < 1.29 is 24.1 Å². The molecular weight excluding hydrogens is 773 g/mol. The molecule has 2 aromatic heterocycles. The van der Waals surface area contributed by atoms with Crippen molar-refractivity contribution in [1.29, 1.82) is 0 Å². The predicted molar refractivity (Wildman–Crippen MR) is 261 cm³/mol. The van der Waals surface area contributed by atoms with Gasteiger partial charge in [0.2, 0.25) is 0 Å². The Morgan fingerprint density at radius 3 is 1.50 bits per heavy atom. The van der Waals surface area contributed by atoms with Crippen LogP contribution in [0.15, 0.2) is 109 Å². The van der Waals surface area contributed by atoms with E-state index in [1.807, 2.05) is 43.3 Å². The SMILES string of the molecule is C.C.CCC(COc1cccc2ccc(-c3ccc(N(CC)CC)cc3)nc12)OC1CCCCO1.CCC(O)COc1cccc2ccc(-c3ccc(N(CC)CC)cc3)nc12. The molecule has 9 heteroatoms. The van der Waals surface area contributed by atoms with Gasteiger partial charge < -0.3 is 33.9 Å². The summed E-state index contributed by atoms with van der Waals surface area (Å²) in [5.74, 6) is 1.50. The first-order valence-electron chi connectivity index (χ1n) is 22.1. The fourth-order valence-corrected chi connectivity index (χ4v) is 7.43. The van der Waals surface area contributed by atoms with E-state index in [2.05, 4.69) is 117 Å². The molecule has 1 aliphatic heterocycles. The molecule has 1 N–H and O–H groups in total. The van der Waals surface area contributed by atoms with Crippen molar-refractivity contribution in [3.8, 4) is 34.0 Å². The molecule has 9 nitrogen and oxygen atoms in total. The minimum Gasteiger partial charge on any atom is -0.489 e. The molecule has 3 unspecified atom stereocenters. The van der Waals surface area contributed by atoms with E-state index < -0.39 is 6.10 Å². The highest BCUT2D eigenvalue weighted by atomic mass is 16.7. The summed E-state index contributed by atoms with van der Waals surface area (Å²) < 4.78 is 23.9. The van der Waals surface area contributed by atoms with E-state index in [-0.39, 0.29) is 33.9 Å². The number of hydrogen-bond acceptors (Lipinski definition) is 9. The van der Waals surface area contributed by atoms with E-state index in [1.165, 1.54) is 11.4 Å². The molecule has 334 valence electrons. The van der Waals surface area contributed by atoms with Gasteiger partial charge in [-0.2, -0.15) is 0 Å². The number of aliphatic hydroxyl groups is 1. The van der Waals surface area contributed by atoms with Crippen LogP contribution < -0.4 is 19.3 Å². The summed E-state index contributed by atoms with van der Waals surface area (Å²) in [5, 5.41) is 11.9. The third kappa shape index (κ3) is 12.9. The summed E-state index contributed by atoms with van der Waals surface area (Å²) in [6.45, 7) is 18.3. The minimum atomic E-state index is -0.462. The van der Waals surface area contributed by atoms with Crippen molar-refractivity contribution in [3.63, 3.8) is 0 Å². The third-order valence-corrected chi connectivity index (χ3v) is 11.2. The lowest BCUT2D eigenvalue weighted by Gasteiger charge is -2.27. The summed E-state index contributed by atoms with van der Waals surface area (Å²) in [6, 6.07) is 37.5. The molecule has 3 heterocycles. The number of hydrogen-bond donors (Lipinski definition) is 1. The highest BCUT2D eigenvalue weighted by Crippen LogP contribution is 2.31. The lowest BCUT2D eigenvalue weighted by molar-refractivity contribution is -0.193. The third-order valence-electron chi connectivity index (χ3n) is 11.2. The normalized spacial score (nSPS) is 14.4. The van der Waals surface area contributed by atoms with Gasteiger partial charge in [-0.1, -0.05) is 89.4 Å². The highest BCUT2D eigenvalue weighted by Gasteiger charge is 2.20. The van der Waals surface area contributed by atoms with Gasteiger partial charge in [-0.3, -0.25) is 0 Å². The first-order valence-corrected chi connectivity index (χ1v) is 22.1. The first-order chi connectivity index (χ1) is 29.4. The molecule has 0 aliphatic carbocycles. The van der Waals surface area contributed by atoms with Crippen molar-refractivity contribution in [2.45, 2.75) is 107 Å². The standard InChI is InChI=1S/C28H36N2O3.C23H28N2O2.2CH4/c1-4-24(33-27-12-7-8-19-31-27)20-32-26-11-9-10-22-15-18-25(29-28(22)26)21-13-16-23(17-14-21)30(5-2)6-3;1-4-20(26)16-27-22-9-7-8-18-12-15-21(24-23(18)22)17-10-13-19(14-11-17)25(5-2)6-3;;/h9-11,13-18,24,27H,4-8,12,19-20H2,1-3H3;7-15,20,26H,4-6,16H2,1-3H3;2*1H4. The Bertz CT molecular complexity index is 2200. The Kier molecular flexibility index (Phi) is 20.0. The fraction of sp³-hybridized carbons (Fsp3) is 0.434. The number of para-hydroxylation sites is 2. The van der Waals surface area contributed by atoms with Crippen molar-refractivity contribution in [2.75, 3.05) is 55.8 Å². The van der Waals surface area contributed by atoms with Crippen molar-refractivity contribution in [3.05, 3.63) is 109 Å². The van der Waals surface area contributed by atoms with Crippen LogP contribution >= 0.6 is 0 Å². The number of nitrogens with zero attached hydrogens (tertiary/aromatic N) is 4. The average molecular weight is 845 g/mol. The molecule has 0 spiro atoms. The second-order valence-corrected chi connectivity index (χ2v) is 15.1. The lowest BCUT2D eigenvalue weighted by atomic mass is 10.1. The van der Waals surface area contributed by atoms with Gasteiger partial charge in [0.15, 0.2) is 6.29 Å². The Morgan fingerprint density at radius 2 is 1.08 bits per heavy atom. The molecule has 1 saturated heterocycles. The van der Waals surface area contributed by atoms with Crippen LogP contribution in [-0.2, 0) is 9.47 Å². The Hall–Kier alpha value is -5.22. The van der Waals surface area contributed by atoms with Crippen LogP contribution in [0.5, 0.6) is 11.5 Å². The molecule has 6 aromatic rings. The van der Waals surface area contributed by atoms with Gasteiger partial charge in [0.1, 0.15) is 35.7 Å². The Balaban J connectivity index is 0.000000269. The Labute approximate surface area is 372 Å². The van der Waals surface area contributed by atoms with Crippen LogP contribution in [0.2, 0.25) is 0 Å². The number of rotatable bonds is 18. The zero-order chi connectivity index (χ0) is 42.3. The summed E-state index contributed by atoms with van der Waals surface area (Å²) in [6.07, 6.45) is 4.22. The molecule has 1 fully saturated rings. The van der Waals surface area contributed by atoms with Gasteiger partial charge in [0, 0.05) is 66.1 Å². The lowest BCUT2D eigenvalue weighted by Crippen LogP contribution is -2.31. The summed E-state index contributed by atoms with van der Waals surface area (Å²) in [4.78, 5) is 14.5. The van der Waals surface area contributed by atoms with Gasteiger partial charge in [-0.25, -0.2) is 9.97 Å². The van der Waals surface area contributed by atoms with E-state index in [0.717, 1.165) is 109 Å². The summed E-state index contributed by atoms with van der Waals surface area (Å²) in [5.41, 5.74) is 8.22. The van der Waals surface area contributed by atoms with Crippen LogP contribution in [0.4, 0.5) is 11.4 Å². The smallest absolute Gasteiger partial charge is 0.158 e. The molecule has 62 heavy (non-hydrogen) atoms. The number of benzene rings is 4. The summed E-state index contributed by atoms with van der Waals surface area (Å²) >= 11 is 0. The van der Waals surface area contributed by atoms with Gasteiger partial charge >= 0.3 is 0 Å².